The lowest BCUT2D eigenvalue weighted by Crippen LogP contribution is -2.51. The van der Waals surface area contributed by atoms with Crippen LogP contribution in [0.15, 0.2) is 4.47 Å². The Morgan fingerprint density at radius 2 is 1.96 bits per heavy atom. The number of ether oxygens (including phenoxy) is 1. The zero-order chi connectivity index (χ0) is 17.5. The molecule has 0 saturated carbocycles. The number of hydrogen-bond acceptors (Lipinski definition) is 4. The van der Waals surface area contributed by atoms with Crippen LogP contribution in [-0.2, 0) is 22.5 Å². The zero-order valence-corrected chi connectivity index (χ0v) is 15.6. The smallest absolute Gasteiger partial charge is 0.294 e. The minimum absolute atomic E-state index is 0.208. The van der Waals surface area contributed by atoms with E-state index in [2.05, 4.69) is 21.2 Å². The minimum Gasteiger partial charge on any atom is -0.381 e. The van der Waals surface area contributed by atoms with Crippen molar-refractivity contribution >= 4 is 44.5 Å². The molecule has 1 N–H and O–H groups in total. The predicted octanol–water partition coefficient (Wildman–Crippen LogP) is 2.44. The molecule has 1 amide bonds. The van der Waals surface area contributed by atoms with E-state index in [0.29, 0.717) is 49.1 Å². The third-order valence-electron chi connectivity index (χ3n) is 4.74. The van der Waals surface area contributed by atoms with Gasteiger partial charge in [-0.15, -0.1) is 0 Å². The van der Waals surface area contributed by atoms with E-state index in [4.69, 9.17) is 16.3 Å². The second kappa shape index (κ2) is 6.61. The van der Waals surface area contributed by atoms with Crippen LogP contribution < -0.4 is 5.32 Å². The monoisotopic (exact) mass is 416 g/mol. The summed E-state index contributed by atoms with van der Waals surface area (Å²) in [5.74, 6) is -1.32. The van der Waals surface area contributed by atoms with Crippen molar-refractivity contribution in [2.75, 3.05) is 13.2 Å². The lowest BCUT2D eigenvalue weighted by Gasteiger charge is -2.34. The SMILES string of the molecule is CC1(NC(=O)C(=O)c2c(Br)c(C(=O)Cl)c3n2CCC3)CCOCC1. The molecule has 1 fully saturated rings. The number of ketones is 1. The third kappa shape index (κ3) is 3.05. The van der Waals surface area contributed by atoms with Gasteiger partial charge in [0.2, 0.25) is 0 Å². The van der Waals surface area contributed by atoms with E-state index < -0.39 is 22.5 Å². The topological polar surface area (TPSA) is 77.4 Å². The summed E-state index contributed by atoms with van der Waals surface area (Å²) in [6.07, 6.45) is 2.79. The molecule has 0 bridgehead atoms. The maximum absolute atomic E-state index is 12.7. The van der Waals surface area contributed by atoms with Gasteiger partial charge in [0.15, 0.2) is 0 Å². The molecule has 2 aliphatic heterocycles. The summed E-state index contributed by atoms with van der Waals surface area (Å²) in [5, 5.41) is 2.21. The average molecular weight is 418 g/mol. The van der Waals surface area contributed by atoms with Crippen molar-refractivity contribution in [2.45, 2.75) is 44.7 Å². The van der Waals surface area contributed by atoms with E-state index >= 15 is 0 Å². The number of carbonyl (C=O) groups is 3. The van der Waals surface area contributed by atoms with Crippen LogP contribution in [0.5, 0.6) is 0 Å². The molecule has 0 aliphatic carbocycles. The molecule has 0 aromatic carbocycles. The molecular formula is C16H18BrClN2O4. The van der Waals surface area contributed by atoms with E-state index in [-0.39, 0.29) is 5.69 Å². The molecular weight excluding hydrogens is 400 g/mol. The second-order valence-electron chi connectivity index (χ2n) is 6.47. The number of nitrogens with zero attached hydrogens (tertiary/aromatic N) is 1. The molecule has 130 valence electrons. The van der Waals surface area contributed by atoms with Crippen LogP contribution in [0.25, 0.3) is 0 Å². The van der Waals surface area contributed by atoms with Gasteiger partial charge < -0.3 is 14.6 Å². The standard InChI is InChI=1S/C16H18BrClN2O4/c1-16(4-7-24-8-5-16)19-15(23)13(21)12-11(17)10(14(18)22)9-3-2-6-20(9)12/h2-8H2,1H3,(H,19,23). The fourth-order valence-electron chi connectivity index (χ4n) is 3.35. The van der Waals surface area contributed by atoms with Crippen LogP contribution in [0.3, 0.4) is 0 Å². The van der Waals surface area contributed by atoms with Gasteiger partial charge in [-0.1, -0.05) is 0 Å². The highest BCUT2D eigenvalue weighted by Gasteiger charge is 2.36. The summed E-state index contributed by atoms with van der Waals surface area (Å²) < 4.78 is 7.35. The van der Waals surface area contributed by atoms with E-state index in [0.717, 1.165) is 12.1 Å². The molecule has 8 heteroatoms. The van der Waals surface area contributed by atoms with Crippen molar-refractivity contribution in [3.8, 4) is 0 Å². The number of hydrogen-bond donors (Lipinski definition) is 1. The summed E-state index contributed by atoms with van der Waals surface area (Å²) in [6, 6.07) is 0. The summed E-state index contributed by atoms with van der Waals surface area (Å²) in [4.78, 5) is 36.9. The van der Waals surface area contributed by atoms with Crippen LogP contribution in [0.4, 0.5) is 0 Å². The van der Waals surface area contributed by atoms with Crippen molar-refractivity contribution in [3.63, 3.8) is 0 Å². The number of amides is 1. The van der Waals surface area contributed by atoms with Crippen molar-refractivity contribution < 1.29 is 19.1 Å². The number of rotatable bonds is 4. The van der Waals surface area contributed by atoms with Gasteiger partial charge in [-0.25, -0.2) is 0 Å². The fraction of sp³-hybridized carbons (Fsp3) is 0.562. The Kier molecular flexibility index (Phi) is 4.86. The van der Waals surface area contributed by atoms with Gasteiger partial charge in [0.05, 0.1) is 10.0 Å². The number of carbonyl (C=O) groups excluding carboxylic acids is 3. The van der Waals surface area contributed by atoms with Gasteiger partial charge in [-0.2, -0.15) is 0 Å². The first-order valence-electron chi connectivity index (χ1n) is 7.89. The highest BCUT2D eigenvalue weighted by Crippen LogP contribution is 2.34. The molecule has 0 unspecified atom stereocenters. The summed E-state index contributed by atoms with van der Waals surface area (Å²) in [5.41, 5.74) is 0.765. The Morgan fingerprint density at radius 1 is 1.29 bits per heavy atom. The Balaban J connectivity index is 1.89. The maximum Gasteiger partial charge on any atom is 0.294 e. The largest absolute Gasteiger partial charge is 0.381 e. The molecule has 2 aliphatic rings. The van der Waals surface area contributed by atoms with Gasteiger partial charge in [0, 0.05) is 31.0 Å². The van der Waals surface area contributed by atoms with Crippen molar-refractivity contribution in [3.05, 3.63) is 21.4 Å². The Bertz CT molecular complexity index is 722. The maximum atomic E-state index is 12.7. The van der Waals surface area contributed by atoms with E-state index in [9.17, 15) is 14.4 Å². The average Bonchev–Trinajstić information content (AvgIpc) is 3.05. The Hall–Kier alpha value is -1.18. The fourth-order valence-corrected chi connectivity index (χ4v) is 4.47. The van der Waals surface area contributed by atoms with Crippen LogP contribution in [0.2, 0.25) is 0 Å². The number of fused-ring (bicyclic) bond motifs is 1. The first-order chi connectivity index (χ1) is 11.3. The summed E-state index contributed by atoms with van der Waals surface area (Å²) in [7, 11) is 0. The van der Waals surface area contributed by atoms with Gasteiger partial charge in [0.1, 0.15) is 5.69 Å². The highest BCUT2D eigenvalue weighted by molar-refractivity contribution is 9.10. The van der Waals surface area contributed by atoms with Crippen molar-refractivity contribution in [1.29, 1.82) is 0 Å². The zero-order valence-electron chi connectivity index (χ0n) is 13.3. The van der Waals surface area contributed by atoms with Gasteiger partial charge in [-0.3, -0.25) is 14.4 Å². The lowest BCUT2D eigenvalue weighted by molar-refractivity contribution is -0.119. The number of aromatic nitrogens is 1. The number of halogens is 2. The molecule has 1 saturated heterocycles. The molecule has 1 aromatic heterocycles. The first-order valence-corrected chi connectivity index (χ1v) is 9.06. The van der Waals surface area contributed by atoms with Gasteiger partial charge in [-0.05, 0) is 60.1 Å². The van der Waals surface area contributed by atoms with Crippen molar-refractivity contribution in [1.82, 2.24) is 9.88 Å². The molecule has 6 nitrogen and oxygen atoms in total. The molecule has 0 atom stereocenters. The van der Waals surface area contributed by atoms with E-state index in [1.807, 2.05) is 6.92 Å². The molecule has 3 heterocycles. The van der Waals surface area contributed by atoms with Gasteiger partial charge >= 0.3 is 0 Å². The lowest BCUT2D eigenvalue weighted by atomic mass is 9.92. The number of nitrogens with one attached hydrogen (secondary N) is 1. The predicted molar refractivity (Wildman–Crippen MR) is 91.6 cm³/mol. The Morgan fingerprint density at radius 3 is 2.58 bits per heavy atom. The molecule has 1 aromatic rings. The first kappa shape index (κ1) is 17.6. The van der Waals surface area contributed by atoms with E-state index in [1.165, 1.54) is 0 Å². The summed E-state index contributed by atoms with van der Waals surface area (Å²) >= 11 is 8.95. The van der Waals surface area contributed by atoms with Gasteiger partial charge in [0.25, 0.3) is 16.9 Å². The highest BCUT2D eigenvalue weighted by atomic mass is 79.9. The number of Topliss-reactive ketones (excluding diaryl/α,β-unsaturated/α-hetero) is 1. The van der Waals surface area contributed by atoms with Crippen LogP contribution in [-0.4, -0.2) is 40.3 Å². The third-order valence-corrected chi connectivity index (χ3v) is 5.70. The van der Waals surface area contributed by atoms with Crippen LogP contribution in [0, 0.1) is 0 Å². The van der Waals surface area contributed by atoms with Crippen LogP contribution in [0.1, 0.15) is 52.7 Å². The quantitative estimate of drug-likeness (QED) is 0.464. The summed E-state index contributed by atoms with van der Waals surface area (Å²) in [6.45, 7) is 3.61. The minimum atomic E-state index is -0.666. The van der Waals surface area contributed by atoms with E-state index in [1.54, 1.807) is 4.57 Å². The van der Waals surface area contributed by atoms with Crippen molar-refractivity contribution in [2.24, 2.45) is 0 Å². The molecule has 24 heavy (non-hydrogen) atoms. The molecule has 3 rings (SSSR count). The second-order valence-corrected chi connectivity index (χ2v) is 7.61. The molecule has 0 radical (unpaired) electrons. The molecule has 0 spiro atoms. The normalized spacial score (nSPS) is 19.0. The van der Waals surface area contributed by atoms with Crippen LogP contribution >= 0.6 is 27.5 Å². The Labute approximate surface area is 153 Å².